The molecular formula is C12H15N3O2. The van der Waals surface area contributed by atoms with Gasteiger partial charge >= 0.3 is 6.09 Å². The first-order chi connectivity index (χ1) is 7.86. The van der Waals surface area contributed by atoms with E-state index in [9.17, 15) is 4.79 Å². The van der Waals surface area contributed by atoms with Crippen LogP contribution in [0.2, 0.25) is 0 Å². The topological polar surface area (TPSA) is 67.9 Å². The molecule has 1 saturated carbocycles. The Morgan fingerprint density at radius 1 is 1.59 bits per heavy atom. The summed E-state index contributed by atoms with van der Waals surface area (Å²) in [6.07, 6.45) is 4.15. The molecule has 90 valence electrons. The molecule has 0 radical (unpaired) electrons. The molecule has 5 heteroatoms. The van der Waals surface area contributed by atoms with Crippen molar-refractivity contribution in [3.63, 3.8) is 0 Å². The quantitative estimate of drug-likeness (QED) is 0.745. The van der Waals surface area contributed by atoms with Gasteiger partial charge < -0.3 is 4.74 Å². The number of carbonyl (C=O) groups is 1. The van der Waals surface area contributed by atoms with Crippen LogP contribution in [0.25, 0.3) is 0 Å². The summed E-state index contributed by atoms with van der Waals surface area (Å²) in [5, 5.41) is 9.03. The lowest BCUT2D eigenvalue weighted by Crippen LogP contribution is -2.26. The van der Waals surface area contributed by atoms with Gasteiger partial charge in [-0.2, -0.15) is 5.26 Å². The second-order valence-corrected chi connectivity index (χ2v) is 5.34. The lowest BCUT2D eigenvalue weighted by atomic mass is 10.1. The first kappa shape index (κ1) is 11.6. The van der Waals surface area contributed by atoms with Crippen molar-refractivity contribution < 1.29 is 9.53 Å². The number of hydrogen-bond acceptors (Lipinski definition) is 4. The van der Waals surface area contributed by atoms with Crippen molar-refractivity contribution in [3.05, 3.63) is 18.2 Å². The van der Waals surface area contributed by atoms with Gasteiger partial charge in [0.15, 0.2) is 0 Å². The van der Waals surface area contributed by atoms with Crippen molar-refractivity contribution in [2.75, 3.05) is 0 Å². The Morgan fingerprint density at radius 2 is 2.24 bits per heavy atom. The zero-order chi connectivity index (χ0) is 12.7. The van der Waals surface area contributed by atoms with Gasteiger partial charge in [0.05, 0.1) is 11.8 Å². The van der Waals surface area contributed by atoms with Gasteiger partial charge in [-0.15, -0.1) is 0 Å². The van der Waals surface area contributed by atoms with Gasteiger partial charge in [-0.1, -0.05) is 0 Å². The monoisotopic (exact) mass is 233 g/mol. The Bertz CT molecular complexity index is 487. The van der Waals surface area contributed by atoms with E-state index < -0.39 is 17.1 Å². The Hall–Kier alpha value is -1.83. The molecule has 0 amide bonds. The second kappa shape index (κ2) is 3.59. The van der Waals surface area contributed by atoms with Crippen molar-refractivity contribution in [2.24, 2.45) is 0 Å². The molecular weight excluding hydrogens is 218 g/mol. The number of nitrogens with zero attached hydrogens (tertiary/aromatic N) is 3. The number of imidazole rings is 1. The normalized spacial score (nSPS) is 17.3. The van der Waals surface area contributed by atoms with Crippen molar-refractivity contribution in [3.8, 4) is 6.07 Å². The van der Waals surface area contributed by atoms with E-state index in [0.29, 0.717) is 5.69 Å². The minimum atomic E-state index is -0.534. The second-order valence-electron chi connectivity index (χ2n) is 5.34. The number of rotatable bonds is 1. The van der Waals surface area contributed by atoms with Crippen LogP contribution in [0.4, 0.5) is 4.79 Å². The van der Waals surface area contributed by atoms with E-state index in [-0.39, 0.29) is 0 Å². The molecule has 0 unspecified atom stereocenters. The fourth-order valence-corrected chi connectivity index (χ4v) is 1.53. The summed E-state index contributed by atoms with van der Waals surface area (Å²) >= 11 is 0. The average molecular weight is 233 g/mol. The molecule has 0 bridgehead atoms. The third kappa shape index (κ3) is 2.31. The third-order valence-corrected chi connectivity index (χ3v) is 2.64. The summed E-state index contributed by atoms with van der Waals surface area (Å²) in [5.74, 6) is 0. The van der Waals surface area contributed by atoms with Crippen LogP contribution >= 0.6 is 0 Å². The Kier molecular flexibility index (Phi) is 2.46. The molecule has 2 rings (SSSR count). The van der Waals surface area contributed by atoms with Crippen molar-refractivity contribution in [1.82, 2.24) is 9.55 Å². The molecule has 0 saturated heterocycles. The molecule has 1 fully saturated rings. The highest BCUT2D eigenvalue weighted by atomic mass is 16.6. The number of hydrogen-bond donors (Lipinski definition) is 0. The van der Waals surface area contributed by atoms with Gasteiger partial charge in [-0.3, -0.25) is 0 Å². The van der Waals surface area contributed by atoms with Crippen molar-refractivity contribution in [2.45, 2.75) is 44.6 Å². The van der Waals surface area contributed by atoms with Crippen molar-refractivity contribution >= 4 is 6.09 Å². The lowest BCUT2D eigenvalue weighted by molar-refractivity contribution is 0.0536. The van der Waals surface area contributed by atoms with Crippen LogP contribution in [-0.4, -0.2) is 21.2 Å². The van der Waals surface area contributed by atoms with Crippen LogP contribution < -0.4 is 0 Å². The fourth-order valence-electron chi connectivity index (χ4n) is 1.53. The van der Waals surface area contributed by atoms with Crippen LogP contribution in [0.15, 0.2) is 12.5 Å². The molecule has 1 aromatic rings. The molecule has 0 spiro atoms. The number of ether oxygens (including phenoxy) is 1. The van der Waals surface area contributed by atoms with E-state index >= 15 is 0 Å². The fraction of sp³-hybridized carbons (Fsp3) is 0.583. The van der Waals surface area contributed by atoms with Gasteiger partial charge in [0, 0.05) is 6.20 Å². The average Bonchev–Trinajstić information content (AvgIpc) is 2.85. The van der Waals surface area contributed by atoms with Gasteiger partial charge in [0.2, 0.25) is 0 Å². The van der Waals surface area contributed by atoms with Gasteiger partial charge in [-0.05, 0) is 33.6 Å². The van der Waals surface area contributed by atoms with Crippen LogP contribution in [0.3, 0.4) is 0 Å². The largest absolute Gasteiger partial charge is 0.443 e. The van der Waals surface area contributed by atoms with Gasteiger partial charge in [0.1, 0.15) is 17.3 Å². The standard InChI is InChI=1S/C12H15N3O2/c1-11(2,3)17-10(16)15-6-9(14-8-15)12(7-13)4-5-12/h6,8H,4-5H2,1-3H3. The number of nitriles is 1. The smallest absolute Gasteiger partial charge is 0.419 e. The summed E-state index contributed by atoms with van der Waals surface area (Å²) in [5.41, 5.74) is -0.341. The molecule has 1 aliphatic carbocycles. The van der Waals surface area contributed by atoms with Gasteiger partial charge in [0.25, 0.3) is 0 Å². The van der Waals surface area contributed by atoms with Crippen LogP contribution in [0, 0.1) is 11.3 Å². The zero-order valence-corrected chi connectivity index (χ0v) is 10.2. The molecule has 0 atom stereocenters. The highest BCUT2D eigenvalue weighted by Crippen LogP contribution is 2.46. The summed E-state index contributed by atoms with van der Waals surface area (Å²) < 4.78 is 6.49. The number of carbonyl (C=O) groups excluding carboxylic acids is 1. The maximum atomic E-state index is 11.7. The van der Waals surface area contributed by atoms with E-state index in [1.54, 1.807) is 27.0 Å². The molecule has 0 aliphatic heterocycles. The Balaban J connectivity index is 2.15. The first-order valence-electron chi connectivity index (χ1n) is 5.55. The third-order valence-electron chi connectivity index (χ3n) is 2.64. The minimum absolute atomic E-state index is 0.465. The number of aromatic nitrogens is 2. The molecule has 1 aliphatic rings. The SMILES string of the molecule is CC(C)(C)OC(=O)n1cnc(C2(C#N)CC2)c1. The van der Waals surface area contributed by atoms with E-state index in [0.717, 1.165) is 12.8 Å². The lowest BCUT2D eigenvalue weighted by Gasteiger charge is -2.19. The Labute approximate surface area is 100 Å². The van der Waals surface area contributed by atoms with Crippen LogP contribution in [-0.2, 0) is 10.2 Å². The Morgan fingerprint density at radius 3 is 2.71 bits per heavy atom. The highest BCUT2D eigenvalue weighted by Gasteiger charge is 2.47. The molecule has 0 N–H and O–H groups in total. The summed E-state index contributed by atoms with van der Waals surface area (Å²) in [7, 11) is 0. The van der Waals surface area contributed by atoms with Crippen LogP contribution in [0.1, 0.15) is 39.3 Å². The van der Waals surface area contributed by atoms with Crippen LogP contribution in [0.5, 0.6) is 0 Å². The summed E-state index contributed by atoms with van der Waals surface area (Å²) in [4.78, 5) is 15.8. The maximum absolute atomic E-state index is 11.7. The molecule has 5 nitrogen and oxygen atoms in total. The molecule has 17 heavy (non-hydrogen) atoms. The summed E-state index contributed by atoms with van der Waals surface area (Å²) in [6, 6.07) is 2.24. The van der Waals surface area contributed by atoms with E-state index in [2.05, 4.69) is 11.1 Å². The molecule has 0 aromatic carbocycles. The zero-order valence-electron chi connectivity index (χ0n) is 10.2. The van der Waals surface area contributed by atoms with E-state index in [4.69, 9.17) is 10.00 Å². The maximum Gasteiger partial charge on any atom is 0.419 e. The minimum Gasteiger partial charge on any atom is -0.443 e. The van der Waals surface area contributed by atoms with Crippen molar-refractivity contribution in [1.29, 1.82) is 5.26 Å². The molecule has 1 heterocycles. The predicted octanol–water partition coefficient (Wildman–Crippen LogP) is 2.22. The summed E-state index contributed by atoms with van der Waals surface area (Å²) in [6.45, 7) is 5.42. The van der Waals surface area contributed by atoms with Gasteiger partial charge in [-0.25, -0.2) is 14.3 Å². The predicted molar refractivity (Wildman–Crippen MR) is 60.4 cm³/mol. The highest BCUT2D eigenvalue weighted by molar-refractivity contribution is 5.70. The van der Waals surface area contributed by atoms with E-state index in [1.165, 1.54) is 10.9 Å². The first-order valence-corrected chi connectivity index (χ1v) is 5.55. The van der Waals surface area contributed by atoms with E-state index in [1.807, 2.05) is 0 Å². The molecule has 1 aromatic heterocycles.